The zero-order valence-corrected chi connectivity index (χ0v) is 11.8. The second kappa shape index (κ2) is 6.30. The van der Waals surface area contributed by atoms with Crippen LogP contribution in [0.2, 0.25) is 0 Å². The van der Waals surface area contributed by atoms with Gasteiger partial charge in [0.25, 0.3) is 0 Å². The SMILES string of the molecule is Cc1ccc(C(N)C(=O)N(C)Cc2ccccn2)cc1. The molecule has 2 aromatic rings. The van der Waals surface area contributed by atoms with Crippen LogP contribution in [0.15, 0.2) is 48.7 Å². The minimum Gasteiger partial charge on any atom is -0.338 e. The van der Waals surface area contributed by atoms with Gasteiger partial charge < -0.3 is 10.6 Å². The molecule has 4 nitrogen and oxygen atoms in total. The summed E-state index contributed by atoms with van der Waals surface area (Å²) in [6, 6.07) is 12.7. The molecule has 0 fully saturated rings. The van der Waals surface area contributed by atoms with Crippen LogP contribution >= 0.6 is 0 Å². The number of carbonyl (C=O) groups is 1. The number of benzene rings is 1. The summed E-state index contributed by atoms with van der Waals surface area (Å²) in [5.74, 6) is -0.112. The molecule has 1 unspecified atom stereocenters. The Morgan fingerprint density at radius 2 is 1.95 bits per heavy atom. The third-order valence-corrected chi connectivity index (χ3v) is 3.20. The van der Waals surface area contributed by atoms with Crippen molar-refractivity contribution in [1.82, 2.24) is 9.88 Å². The van der Waals surface area contributed by atoms with E-state index in [0.717, 1.165) is 16.8 Å². The van der Waals surface area contributed by atoms with Gasteiger partial charge in [0.2, 0.25) is 5.91 Å². The first-order chi connectivity index (χ1) is 9.58. The Balaban J connectivity index is 2.04. The van der Waals surface area contributed by atoms with E-state index in [9.17, 15) is 4.79 Å². The molecule has 0 spiro atoms. The summed E-state index contributed by atoms with van der Waals surface area (Å²) in [7, 11) is 1.74. The van der Waals surface area contributed by atoms with E-state index in [1.165, 1.54) is 0 Å². The first-order valence-corrected chi connectivity index (χ1v) is 6.55. The molecule has 1 aromatic heterocycles. The van der Waals surface area contributed by atoms with Crippen molar-refractivity contribution in [2.24, 2.45) is 5.73 Å². The molecule has 0 aliphatic heterocycles. The largest absolute Gasteiger partial charge is 0.338 e. The van der Waals surface area contributed by atoms with Crippen LogP contribution in [0.3, 0.4) is 0 Å². The second-order valence-electron chi connectivity index (χ2n) is 4.90. The van der Waals surface area contributed by atoms with Crippen molar-refractivity contribution in [2.75, 3.05) is 7.05 Å². The number of nitrogens with zero attached hydrogens (tertiary/aromatic N) is 2. The normalized spacial score (nSPS) is 11.9. The molecule has 0 aliphatic carbocycles. The number of aromatic nitrogens is 1. The highest BCUT2D eigenvalue weighted by molar-refractivity contribution is 5.82. The van der Waals surface area contributed by atoms with Gasteiger partial charge >= 0.3 is 0 Å². The molecule has 1 atom stereocenters. The van der Waals surface area contributed by atoms with Crippen LogP contribution in [0.5, 0.6) is 0 Å². The van der Waals surface area contributed by atoms with E-state index in [0.29, 0.717) is 6.54 Å². The van der Waals surface area contributed by atoms with Crippen molar-refractivity contribution in [1.29, 1.82) is 0 Å². The van der Waals surface area contributed by atoms with Crippen LogP contribution in [0, 0.1) is 6.92 Å². The first kappa shape index (κ1) is 14.2. The molecule has 1 heterocycles. The summed E-state index contributed by atoms with van der Waals surface area (Å²) in [4.78, 5) is 18.1. The monoisotopic (exact) mass is 269 g/mol. The number of hydrogen-bond donors (Lipinski definition) is 1. The smallest absolute Gasteiger partial charge is 0.244 e. The summed E-state index contributed by atoms with van der Waals surface area (Å²) in [6.07, 6.45) is 1.72. The summed E-state index contributed by atoms with van der Waals surface area (Å²) in [5, 5.41) is 0. The van der Waals surface area contributed by atoms with Crippen molar-refractivity contribution in [3.63, 3.8) is 0 Å². The molecule has 0 bridgehead atoms. The summed E-state index contributed by atoms with van der Waals surface area (Å²) in [6.45, 7) is 2.46. The summed E-state index contributed by atoms with van der Waals surface area (Å²) in [5.41, 5.74) is 8.85. The Morgan fingerprint density at radius 1 is 1.25 bits per heavy atom. The third-order valence-electron chi connectivity index (χ3n) is 3.20. The molecule has 0 radical (unpaired) electrons. The molecule has 104 valence electrons. The Hall–Kier alpha value is -2.20. The molecular formula is C16H19N3O. The molecule has 0 saturated carbocycles. The van der Waals surface area contributed by atoms with Crippen molar-refractivity contribution in [2.45, 2.75) is 19.5 Å². The quantitative estimate of drug-likeness (QED) is 0.924. The van der Waals surface area contributed by atoms with Gasteiger partial charge in [0, 0.05) is 13.2 Å². The van der Waals surface area contributed by atoms with Gasteiger partial charge in [-0.1, -0.05) is 35.9 Å². The Bertz CT molecular complexity index is 566. The van der Waals surface area contributed by atoms with E-state index >= 15 is 0 Å². The number of carbonyl (C=O) groups excluding carboxylic acids is 1. The lowest BCUT2D eigenvalue weighted by Crippen LogP contribution is -2.35. The van der Waals surface area contributed by atoms with Gasteiger partial charge in [-0.2, -0.15) is 0 Å². The molecule has 2 N–H and O–H groups in total. The van der Waals surface area contributed by atoms with E-state index in [4.69, 9.17) is 5.73 Å². The van der Waals surface area contributed by atoms with Crippen LogP contribution in [0.1, 0.15) is 22.9 Å². The van der Waals surface area contributed by atoms with Crippen LogP contribution in [0.25, 0.3) is 0 Å². The molecular weight excluding hydrogens is 250 g/mol. The van der Waals surface area contributed by atoms with Crippen LogP contribution in [0.4, 0.5) is 0 Å². The number of hydrogen-bond acceptors (Lipinski definition) is 3. The highest BCUT2D eigenvalue weighted by atomic mass is 16.2. The van der Waals surface area contributed by atoms with Crippen molar-refractivity contribution < 1.29 is 4.79 Å². The molecule has 2 rings (SSSR count). The Morgan fingerprint density at radius 3 is 2.55 bits per heavy atom. The number of nitrogens with two attached hydrogens (primary N) is 1. The van der Waals surface area contributed by atoms with E-state index in [-0.39, 0.29) is 5.91 Å². The second-order valence-corrected chi connectivity index (χ2v) is 4.90. The average Bonchev–Trinajstić information content (AvgIpc) is 2.47. The number of aryl methyl sites for hydroxylation is 1. The fraction of sp³-hybridized carbons (Fsp3) is 0.250. The van der Waals surface area contributed by atoms with Gasteiger partial charge in [-0.05, 0) is 24.6 Å². The van der Waals surface area contributed by atoms with Gasteiger partial charge in [-0.15, -0.1) is 0 Å². The highest BCUT2D eigenvalue weighted by Gasteiger charge is 2.20. The average molecular weight is 269 g/mol. The predicted molar refractivity (Wildman–Crippen MR) is 78.8 cm³/mol. The lowest BCUT2D eigenvalue weighted by Gasteiger charge is -2.21. The lowest BCUT2D eigenvalue weighted by molar-refractivity contribution is -0.132. The first-order valence-electron chi connectivity index (χ1n) is 6.55. The molecule has 20 heavy (non-hydrogen) atoms. The zero-order chi connectivity index (χ0) is 14.5. The van der Waals surface area contributed by atoms with Gasteiger partial charge in [-0.3, -0.25) is 9.78 Å². The minimum absolute atomic E-state index is 0.112. The molecule has 1 amide bonds. The Labute approximate surface area is 119 Å². The van der Waals surface area contributed by atoms with E-state index in [1.54, 1.807) is 18.1 Å². The van der Waals surface area contributed by atoms with Gasteiger partial charge in [0.1, 0.15) is 6.04 Å². The zero-order valence-electron chi connectivity index (χ0n) is 11.8. The Kier molecular flexibility index (Phi) is 4.48. The van der Waals surface area contributed by atoms with Gasteiger partial charge in [0.05, 0.1) is 12.2 Å². The van der Waals surface area contributed by atoms with Crippen molar-refractivity contribution in [3.8, 4) is 0 Å². The standard InChI is InChI=1S/C16H19N3O/c1-12-6-8-13(9-7-12)15(17)16(20)19(2)11-14-5-3-4-10-18-14/h3-10,15H,11,17H2,1-2H3. The van der Waals surface area contributed by atoms with Crippen molar-refractivity contribution in [3.05, 3.63) is 65.5 Å². The number of rotatable bonds is 4. The predicted octanol–water partition coefficient (Wildman–Crippen LogP) is 2.05. The van der Waals surface area contributed by atoms with Crippen LogP contribution in [-0.2, 0) is 11.3 Å². The van der Waals surface area contributed by atoms with Crippen molar-refractivity contribution >= 4 is 5.91 Å². The van der Waals surface area contributed by atoms with Gasteiger partial charge in [0.15, 0.2) is 0 Å². The maximum Gasteiger partial charge on any atom is 0.244 e. The minimum atomic E-state index is -0.635. The molecule has 1 aromatic carbocycles. The maximum absolute atomic E-state index is 12.3. The van der Waals surface area contributed by atoms with Crippen LogP contribution < -0.4 is 5.73 Å². The fourth-order valence-corrected chi connectivity index (χ4v) is 1.97. The number of likely N-dealkylation sites (N-methyl/N-ethyl adjacent to an activating group) is 1. The number of amides is 1. The third kappa shape index (κ3) is 3.42. The van der Waals surface area contributed by atoms with E-state index in [2.05, 4.69) is 4.98 Å². The topological polar surface area (TPSA) is 59.2 Å². The number of pyridine rings is 1. The van der Waals surface area contributed by atoms with E-state index in [1.807, 2.05) is 49.4 Å². The van der Waals surface area contributed by atoms with E-state index < -0.39 is 6.04 Å². The maximum atomic E-state index is 12.3. The molecule has 4 heteroatoms. The molecule has 0 aliphatic rings. The highest BCUT2D eigenvalue weighted by Crippen LogP contribution is 2.14. The van der Waals surface area contributed by atoms with Gasteiger partial charge in [-0.25, -0.2) is 0 Å². The summed E-state index contributed by atoms with van der Waals surface area (Å²) >= 11 is 0. The summed E-state index contributed by atoms with van der Waals surface area (Å²) < 4.78 is 0. The molecule has 0 saturated heterocycles. The lowest BCUT2D eigenvalue weighted by atomic mass is 10.0. The fourth-order valence-electron chi connectivity index (χ4n) is 1.97. The van der Waals surface area contributed by atoms with Crippen LogP contribution in [-0.4, -0.2) is 22.8 Å².